The summed E-state index contributed by atoms with van der Waals surface area (Å²) in [6.07, 6.45) is 0.411. The van der Waals surface area contributed by atoms with E-state index in [1.165, 1.54) is 16.2 Å². The molecule has 15 heavy (non-hydrogen) atoms. The predicted octanol–water partition coefficient (Wildman–Crippen LogP) is 2.38. The molecule has 0 atom stereocenters. The fourth-order valence-corrected chi connectivity index (χ4v) is 2.76. The normalized spacial score (nSPS) is 17.3. The van der Waals surface area contributed by atoms with E-state index in [4.69, 9.17) is 11.6 Å². The number of nitrogens with zero attached hydrogens (tertiary/aromatic N) is 2. The van der Waals surface area contributed by atoms with Gasteiger partial charge in [-0.3, -0.25) is 14.5 Å². The van der Waals surface area contributed by atoms with Gasteiger partial charge in [0.15, 0.2) is 4.47 Å². The monoisotopic (exact) mass is 262 g/mol. The molecule has 1 saturated heterocycles. The number of carbonyl (C=O) groups is 2. The number of hydrogen-bond acceptors (Lipinski definition) is 5. The van der Waals surface area contributed by atoms with Crippen molar-refractivity contribution in [3.8, 4) is 0 Å². The van der Waals surface area contributed by atoms with Gasteiger partial charge in [0, 0.05) is 17.6 Å². The van der Waals surface area contributed by atoms with Crippen LogP contribution < -0.4 is 0 Å². The Hall–Kier alpha value is -0.590. The molecule has 0 unspecified atom stereocenters. The third-order valence-corrected chi connectivity index (χ3v) is 3.81. The highest BCUT2D eigenvalue weighted by molar-refractivity contribution is 8.13. The number of hydrogen-bond donors (Lipinski definition) is 0. The van der Waals surface area contributed by atoms with E-state index in [0.717, 1.165) is 11.8 Å². The lowest BCUT2D eigenvalue weighted by molar-refractivity contribution is -0.128. The highest BCUT2D eigenvalue weighted by Crippen LogP contribution is 2.22. The number of amides is 2. The molecule has 1 aliphatic heterocycles. The second-order valence-corrected chi connectivity index (χ2v) is 5.42. The number of thiazole rings is 1. The molecule has 1 aromatic heterocycles. The highest BCUT2D eigenvalue weighted by Gasteiger charge is 2.27. The molecule has 0 N–H and O–H groups in total. The minimum atomic E-state index is -0.199. The fraction of sp³-hybridized carbons (Fsp3) is 0.375. The molecular formula is C8H7ClN2O2S2. The molecule has 0 aromatic carbocycles. The summed E-state index contributed by atoms with van der Waals surface area (Å²) in [5.41, 5.74) is 0.661. The summed E-state index contributed by atoms with van der Waals surface area (Å²) in [5.74, 6) is 0.439. The van der Waals surface area contributed by atoms with Crippen molar-refractivity contribution in [2.75, 3.05) is 5.75 Å². The summed E-state index contributed by atoms with van der Waals surface area (Å²) < 4.78 is 0.426. The average Bonchev–Trinajstić information content (AvgIpc) is 2.58. The number of imide groups is 1. The Bertz CT molecular complexity index is 391. The molecule has 1 aliphatic rings. The number of rotatable bonds is 2. The lowest BCUT2D eigenvalue weighted by atomic mass is 10.3. The van der Waals surface area contributed by atoms with Crippen LogP contribution in [-0.4, -0.2) is 26.8 Å². The SMILES string of the molecule is O=C1CCSC(=O)N1Cc1csc(Cl)n1. The first-order valence-corrected chi connectivity index (χ1v) is 6.48. The van der Waals surface area contributed by atoms with Crippen LogP contribution in [0.1, 0.15) is 12.1 Å². The summed E-state index contributed by atoms with van der Waals surface area (Å²) >= 11 is 8.12. The lowest BCUT2D eigenvalue weighted by Crippen LogP contribution is -2.37. The van der Waals surface area contributed by atoms with Gasteiger partial charge in [0.25, 0.3) is 5.24 Å². The molecule has 0 spiro atoms. The largest absolute Gasteiger partial charge is 0.288 e. The van der Waals surface area contributed by atoms with Gasteiger partial charge >= 0.3 is 0 Å². The van der Waals surface area contributed by atoms with E-state index < -0.39 is 0 Å². The quantitative estimate of drug-likeness (QED) is 0.821. The van der Waals surface area contributed by atoms with E-state index in [1.807, 2.05) is 0 Å². The maximum atomic E-state index is 11.5. The minimum Gasteiger partial charge on any atom is -0.274 e. The van der Waals surface area contributed by atoms with Gasteiger partial charge in [-0.15, -0.1) is 11.3 Å². The third-order valence-electron chi connectivity index (χ3n) is 1.91. The number of halogens is 1. The van der Waals surface area contributed by atoms with Crippen LogP contribution in [-0.2, 0) is 11.3 Å². The Morgan fingerprint density at radius 1 is 1.53 bits per heavy atom. The Balaban J connectivity index is 2.09. The molecule has 80 valence electrons. The predicted molar refractivity (Wildman–Crippen MR) is 60.1 cm³/mol. The van der Waals surface area contributed by atoms with Gasteiger partial charge in [-0.2, -0.15) is 0 Å². The summed E-state index contributed by atoms with van der Waals surface area (Å²) in [5, 5.41) is 1.55. The Labute approximate surface area is 99.6 Å². The van der Waals surface area contributed by atoms with Crippen molar-refractivity contribution in [3.63, 3.8) is 0 Å². The standard InChI is InChI=1S/C8H7ClN2O2S2/c9-7-10-5(4-15-7)3-11-6(12)1-2-14-8(11)13/h4H,1-3H2. The van der Waals surface area contributed by atoms with Crippen molar-refractivity contribution in [3.05, 3.63) is 15.5 Å². The molecule has 0 bridgehead atoms. The Morgan fingerprint density at radius 3 is 2.93 bits per heavy atom. The maximum Gasteiger partial charge on any atom is 0.288 e. The van der Waals surface area contributed by atoms with E-state index in [0.29, 0.717) is 22.3 Å². The average molecular weight is 263 g/mol. The van der Waals surface area contributed by atoms with Gasteiger partial charge in [-0.1, -0.05) is 23.4 Å². The van der Waals surface area contributed by atoms with Crippen LogP contribution in [0.25, 0.3) is 0 Å². The van der Waals surface area contributed by atoms with Crippen LogP contribution in [0.4, 0.5) is 4.79 Å². The van der Waals surface area contributed by atoms with Crippen molar-refractivity contribution in [2.45, 2.75) is 13.0 Å². The summed E-state index contributed by atoms with van der Waals surface area (Å²) in [7, 11) is 0. The van der Waals surface area contributed by atoms with Crippen LogP contribution in [0.3, 0.4) is 0 Å². The summed E-state index contributed by atoms with van der Waals surface area (Å²) in [4.78, 5) is 28.1. The van der Waals surface area contributed by atoms with Gasteiger partial charge in [-0.05, 0) is 0 Å². The van der Waals surface area contributed by atoms with E-state index in [9.17, 15) is 9.59 Å². The molecular weight excluding hydrogens is 256 g/mol. The van der Waals surface area contributed by atoms with Gasteiger partial charge in [-0.25, -0.2) is 4.98 Å². The number of carbonyl (C=O) groups excluding carboxylic acids is 2. The number of aromatic nitrogens is 1. The zero-order chi connectivity index (χ0) is 10.8. The van der Waals surface area contributed by atoms with Crippen LogP contribution in [0.5, 0.6) is 0 Å². The van der Waals surface area contributed by atoms with Crippen molar-refractivity contribution in [2.24, 2.45) is 0 Å². The van der Waals surface area contributed by atoms with Crippen LogP contribution in [0.15, 0.2) is 5.38 Å². The van der Waals surface area contributed by atoms with Crippen LogP contribution >= 0.6 is 34.7 Å². The van der Waals surface area contributed by atoms with E-state index in [1.54, 1.807) is 5.38 Å². The molecule has 0 aliphatic carbocycles. The van der Waals surface area contributed by atoms with Gasteiger partial charge in [0.2, 0.25) is 5.91 Å². The lowest BCUT2D eigenvalue weighted by Gasteiger charge is -2.22. The fourth-order valence-electron chi connectivity index (χ4n) is 1.21. The molecule has 2 amide bonds. The van der Waals surface area contributed by atoms with Gasteiger partial charge < -0.3 is 0 Å². The zero-order valence-corrected chi connectivity index (χ0v) is 9.99. The first-order chi connectivity index (χ1) is 7.16. The van der Waals surface area contributed by atoms with Crippen LogP contribution in [0, 0.1) is 0 Å². The van der Waals surface area contributed by atoms with Crippen molar-refractivity contribution in [1.82, 2.24) is 9.88 Å². The zero-order valence-electron chi connectivity index (χ0n) is 7.60. The maximum absolute atomic E-state index is 11.5. The molecule has 1 aromatic rings. The first-order valence-electron chi connectivity index (χ1n) is 4.24. The molecule has 7 heteroatoms. The molecule has 1 fully saturated rings. The van der Waals surface area contributed by atoms with Gasteiger partial charge in [0.1, 0.15) is 0 Å². The Kier molecular flexibility index (Phi) is 3.28. The van der Waals surface area contributed by atoms with Crippen molar-refractivity contribution in [1.29, 1.82) is 0 Å². The smallest absolute Gasteiger partial charge is 0.274 e. The summed E-state index contributed by atoms with van der Waals surface area (Å²) in [6.45, 7) is 0.230. The highest BCUT2D eigenvalue weighted by atomic mass is 35.5. The van der Waals surface area contributed by atoms with E-state index in [-0.39, 0.29) is 17.7 Å². The van der Waals surface area contributed by atoms with Crippen molar-refractivity contribution >= 4 is 45.8 Å². The molecule has 0 radical (unpaired) electrons. The van der Waals surface area contributed by atoms with Gasteiger partial charge in [0.05, 0.1) is 12.2 Å². The third kappa shape index (κ3) is 2.50. The second-order valence-electron chi connectivity index (χ2n) is 2.94. The van der Waals surface area contributed by atoms with E-state index in [2.05, 4.69) is 4.98 Å². The molecule has 2 rings (SSSR count). The number of thioether (sulfide) groups is 1. The van der Waals surface area contributed by atoms with E-state index >= 15 is 0 Å². The summed E-state index contributed by atoms with van der Waals surface area (Å²) in [6, 6.07) is 0. The molecule has 2 heterocycles. The van der Waals surface area contributed by atoms with Crippen molar-refractivity contribution < 1.29 is 9.59 Å². The molecule has 0 saturated carbocycles. The second kappa shape index (κ2) is 4.51. The topological polar surface area (TPSA) is 50.3 Å². The molecule has 4 nitrogen and oxygen atoms in total. The minimum absolute atomic E-state index is 0.136. The Morgan fingerprint density at radius 2 is 2.33 bits per heavy atom. The van der Waals surface area contributed by atoms with Crippen LogP contribution in [0.2, 0.25) is 4.47 Å². The first kappa shape index (κ1) is 10.9.